The van der Waals surface area contributed by atoms with Crippen LogP contribution in [0, 0.1) is 0 Å². The Kier molecular flexibility index (Phi) is 2.81. The van der Waals surface area contributed by atoms with E-state index in [0.717, 1.165) is 29.1 Å². The highest BCUT2D eigenvalue weighted by atomic mass is 15.4. The molecule has 4 nitrogen and oxygen atoms in total. The Hall–Kier alpha value is -1.97. The molecule has 0 radical (unpaired) electrons. The Balaban J connectivity index is 2.30. The van der Waals surface area contributed by atoms with E-state index in [1.165, 1.54) is 0 Å². The molecule has 2 rings (SSSR count). The second-order valence-corrected chi connectivity index (χ2v) is 3.69. The third-order valence-electron chi connectivity index (χ3n) is 2.38. The molecule has 2 aromatic heterocycles. The first kappa shape index (κ1) is 10.5. The van der Waals surface area contributed by atoms with Gasteiger partial charge in [0.25, 0.3) is 0 Å². The van der Waals surface area contributed by atoms with Crippen molar-refractivity contribution in [1.29, 1.82) is 0 Å². The minimum Gasteiger partial charge on any atom is -0.236 e. The first-order valence-corrected chi connectivity index (χ1v) is 5.24. The molecular formula is C12H14N4. The molecular weight excluding hydrogens is 200 g/mol. The van der Waals surface area contributed by atoms with Gasteiger partial charge in [0.1, 0.15) is 0 Å². The highest BCUT2D eigenvalue weighted by Crippen LogP contribution is 2.11. The molecule has 2 aromatic rings. The van der Waals surface area contributed by atoms with Gasteiger partial charge in [0, 0.05) is 6.20 Å². The van der Waals surface area contributed by atoms with Crippen molar-refractivity contribution in [2.45, 2.75) is 20.3 Å². The van der Waals surface area contributed by atoms with Gasteiger partial charge < -0.3 is 0 Å². The molecule has 0 N–H and O–H groups in total. The first-order valence-electron chi connectivity index (χ1n) is 5.24. The zero-order valence-electron chi connectivity index (χ0n) is 9.51. The Morgan fingerprint density at radius 1 is 1.44 bits per heavy atom. The summed E-state index contributed by atoms with van der Waals surface area (Å²) in [7, 11) is 0. The number of nitrogens with zero attached hydrogens (tertiary/aromatic N) is 4. The molecule has 82 valence electrons. The number of allylic oxidation sites excluding steroid dienone is 1. The summed E-state index contributed by atoms with van der Waals surface area (Å²) in [5, 5.41) is 8.04. The van der Waals surface area contributed by atoms with E-state index >= 15 is 0 Å². The van der Waals surface area contributed by atoms with Crippen LogP contribution in [0.3, 0.4) is 0 Å². The molecule has 0 spiro atoms. The van der Waals surface area contributed by atoms with Crippen LogP contribution in [-0.2, 0) is 6.42 Å². The van der Waals surface area contributed by atoms with Crippen LogP contribution in [0.15, 0.2) is 31.1 Å². The molecule has 0 aliphatic carbocycles. The van der Waals surface area contributed by atoms with Crippen molar-refractivity contribution in [1.82, 2.24) is 20.0 Å². The van der Waals surface area contributed by atoms with Crippen LogP contribution >= 0.6 is 0 Å². The van der Waals surface area contributed by atoms with Crippen molar-refractivity contribution >= 4 is 5.57 Å². The zero-order chi connectivity index (χ0) is 11.5. The number of aromatic nitrogens is 4. The quantitative estimate of drug-likeness (QED) is 0.787. The molecule has 4 heteroatoms. The van der Waals surface area contributed by atoms with E-state index in [9.17, 15) is 0 Å². The van der Waals surface area contributed by atoms with Gasteiger partial charge in [-0.15, -0.1) is 5.10 Å². The number of rotatable bonds is 3. The van der Waals surface area contributed by atoms with Crippen LogP contribution in [0.25, 0.3) is 11.4 Å². The maximum atomic E-state index is 4.32. The molecule has 0 unspecified atom stereocenters. The fourth-order valence-corrected chi connectivity index (χ4v) is 1.35. The van der Waals surface area contributed by atoms with E-state index in [0.29, 0.717) is 0 Å². The van der Waals surface area contributed by atoms with E-state index in [-0.39, 0.29) is 0 Å². The zero-order valence-corrected chi connectivity index (χ0v) is 9.51. The standard InChI is InChI=1S/C12H14N4/c1-4-11-8-16(15-14-11)12-6-5-10(7-13-12)9(2)3/h5-8H,2,4H2,1,3H3. The van der Waals surface area contributed by atoms with Crippen LogP contribution in [-0.4, -0.2) is 20.0 Å². The van der Waals surface area contributed by atoms with Gasteiger partial charge in [-0.1, -0.05) is 18.7 Å². The molecule has 0 saturated heterocycles. The van der Waals surface area contributed by atoms with Crippen LogP contribution < -0.4 is 0 Å². The van der Waals surface area contributed by atoms with Gasteiger partial charge >= 0.3 is 0 Å². The first-order chi connectivity index (χ1) is 7.70. The summed E-state index contributed by atoms with van der Waals surface area (Å²) >= 11 is 0. The van der Waals surface area contributed by atoms with Gasteiger partial charge in [-0.3, -0.25) is 0 Å². The van der Waals surface area contributed by atoms with Crippen LogP contribution in [0.2, 0.25) is 0 Å². The Bertz CT molecular complexity index is 496. The fourth-order valence-electron chi connectivity index (χ4n) is 1.35. The van der Waals surface area contributed by atoms with E-state index in [1.807, 2.05) is 32.2 Å². The van der Waals surface area contributed by atoms with Crippen LogP contribution in [0.1, 0.15) is 25.1 Å². The van der Waals surface area contributed by atoms with Crippen molar-refractivity contribution < 1.29 is 0 Å². The molecule has 0 bridgehead atoms. The summed E-state index contributed by atoms with van der Waals surface area (Å²) in [5.74, 6) is 0.775. The highest BCUT2D eigenvalue weighted by molar-refractivity contribution is 5.60. The molecule has 0 fully saturated rings. The van der Waals surface area contributed by atoms with Crippen molar-refractivity contribution in [3.63, 3.8) is 0 Å². The summed E-state index contributed by atoms with van der Waals surface area (Å²) in [6, 6.07) is 3.90. The van der Waals surface area contributed by atoms with Crippen molar-refractivity contribution in [2.75, 3.05) is 0 Å². The van der Waals surface area contributed by atoms with Gasteiger partial charge in [-0.05, 0) is 36.6 Å². The summed E-state index contributed by atoms with van der Waals surface area (Å²) in [5.41, 5.74) is 3.01. The topological polar surface area (TPSA) is 43.6 Å². The lowest BCUT2D eigenvalue weighted by Gasteiger charge is -2.01. The lowest BCUT2D eigenvalue weighted by Crippen LogP contribution is -1.98. The lowest BCUT2D eigenvalue weighted by atomic mass is 10.1. The maximum absolute atomic E-state index is 4.32. The lowest BCUT2D eigenvalue weighted by molar-refractivity contribution is 0.777. The van der Waals surface area contributed by atoms with Crippen molar-refractivity contribution in [3.05, 3.63) is 42.4 Å². The van der Waals surface area contributed by atoms with E-state index in [2.05, 4.69) is 21.9 Å². The Morgan fingerprint density at radius 2 is 2.25 bits per heavy atom. The molecule has 0 atom stereocenters. The number of pyridine rings is 1. The second-order valence-electron chi connectivity index (χ2n) is 3.69. The molecule has 0 saturated carbocycles. The largest absolute Gasteiger partial charge is 0.236 e. The average molecular weight is 214 g/mol. The summed E-state index contributed by atoms with van der Waals surface area (Å²) in [4.78, 5) is 4.32. The van der Waals surface area contributed by atoms with Gasteiger partial charge in [0.05, 0.1) is 11.9 Å². The van der Waals surface area contributed by atoms with E-state index < -0.39 is 0 Å². The monoisotopic (exact) mass is 214 g/mol. The molecule has 0 aliphatic rings. The predicted molar refractivity (Wildman–Crippen MR) is 63.2 cm³/mol. The normalized spacial score (nSPS) is 10.4. The van der Waals surface area contributed by atoms with Crippen molar-refractivity contribution in [3.8, 4) is 5.82 Å². The Labute approximate surface area is 94.6 Å². The number of hydrogen-bond donors (Lipinski definition) is 0. The molecule has 0 amide bonds. The van der Waals surface area contributed by atoms with E-state index in [1.54, 1.807) is 10.9 Å². The summed E-state index contributed by atoms with van der Waals surface area (Å²) in [6.45, 7) is 7.88. The number of aryl methyl sites for hydroxylation is 1. The average Bonchev–Trinajstić information content (AvgIpc) is 2.77. The molecule has 2 heterocycles. The second kappa shape index (κ2) is 4.26. The SMILES string of the molecule is C=C(C)c1ccc(-n2cc(CC)nn2)nc1. The minimum absolute atomic E-state index is 0.775. The third-order valence-corrected chi connectivity index (χ3v) is 2.38. The molecule has 0 aromatic carbocycles. The number of hydrogen-bond acceptors (Lipinski definition) is 3. The molecule has 16 heavy (non-hydrogen) atoms. The summed E-state index contributed by atoms with van der Waals surface area (Å²) in [6.07, 6.45) is 4.57. The smallest absolute Gasteiger partial charge is 0.155 e. The fraction of sp³-hybridized carbons (Fsp3) is 0.250. The Morgan fingerprint density at radius 3 is 2.75 bits per heavy atom. The van der Waals surface area contributed by atoms with E-state index in [4.69, 9.17) is 0 Å². The molecule has 0 aliphatic heterocycles. The third kappa shape index (κ3) is 2.00. The van der Waals surface area contributed by atoms with Crippen LogP contribution in [0.5, 0.6) is 0 Å². The minimum atomic E-state index is 0.775. The van der Waals surface area contributed by atoms with Crippen molar-refractivity contribution in [2.24, 2.45) is 0 Å². The predicted octanol–water partition coefficient (Wildman–Crippen LogP) is 2.26. The van der Waals surface area contributed by atoms with Gasteiger partial charge in [-0.25, -0.2) is 9.67 Å². The maximum Gasteiger partial charge on any atom is 0.155 e. The van der Waals surface area contributed by atoms with Gasteiger partial charge in [-0.2, -0.15) is 0 Å². The van der Waals surface area contributed by atoms with Gasteiger partial charge in [0.2, 0.25) is 0 Å². The van der Waals surface area contributed by atoms with Crippen LogP contribution in [0.4, 0.5) is 0 Å². The summed E-state index contributed by atoms with van der Waals surface area (Å²) < 4.78 is 1.68. The van der Waals surface area contributed by atoms with Gasteiger partial charge in [0.15, 0.2) is 5.82 Å². The highest BCUT2D eigenvalue weighted by Gasteiger charge is 2.02.